The van der Waals surface area contributed by atoms with Crippen LogP contribution in [0.5, 0.6) is 0 Å². The number of nitrogens with two attached hydrogens (primary N) is 1. The van der Waals surface area contributed by atoms with Gasteiger partial charge in [-0.3, -0.25) is 0 Å². The monoisotopic (exact) mass is 254 g/mol. The summed E-state index contributed by atoms with van der Waals surface area (Å²) in [7, 11) is 0. The van der Waals surface area contributed by atoms with Gasteiger partial charge in [0, 0.05) is 5.69 Å². The Hall–Kier alpha value is -1.96. The first-order valence-electron chi connectivity index (χ1n) is 6.91. The summed E-state index contributed by atoms with van der Waals surface area (Å²) in [4.78, 5) is 0. The molecule has 0 aliphatic rings. The molecular formula is C17H22N2. The Bertz CT molecular complexity index is 529. The van der Waals surface area contributed by atoms with Crippen LogP contribution in [0.2, 0.25) is 0 Å². The van der Waals surface area contributed by atoms with Crippen LogP contribution in [0.1, 0.15) is 30.9 Å². The highest BCUT2D eigenvalue weighted by atomic mass is 14.9. The number of unbranched alkanes of at least 4 members (excludes halogenated alkanes) is 1. The van der Waals surface area contributed by atoms with Gasteiger partial charge in [0.25, 0.3) is 0 Å². The third-order valence-corrected chi connectivity index (χ3v) is 3.38. The molecule has 2 aromatic rings. The van der Waals surface area contributed by atoms with Crippen LogP contribution in [0.3, 0.4) is 0 Å². The maximum Gasteiger partial charge on any atom is 0.0620 e. The third-order valence-electron chi connectivity index (χ3n) is 3.38. The van der Waals surface area contributed by atoms with Crippen LogP contribution in [0.4, 0.5) is 17.1 Å². The SMILES string of the molecule is CCCCc1ccc(Nc2cccc(C)c2N)cc1. The molecule has 19 heavy (non-hydrogen) atoms. The summed E-state index contributed by atoms with van der Waals surface area (Å²) in [6, 6.07) is 14.7. The normalized spacial score (nSPS) is 10.4. The molecule has 0 aliphatic heterocycles. The van der Waals surface area contributed by atoms with Crippen molar-refractivity contribution in [1.82, 2.24) is 0 Å². The average Bonchev–Trinajstić information content (AvgIpc) is 2.43. The maximum atomic E-state index is 6.06. The lowest BCUT2D eigenvalue weighted by atomic mass is 10.1. The van der Waals surface area contributed by atoms with Gasteiger partial charge in [-0.2, -0.15) is 0 Å². The van der Waals surface area contributed by atoms with Crippen molar-refractivity contribution >= 4 is 17.1 Å². The quantitative estimate of drug-likeness (QED) is 0.761. The summed E-state index contributed by atoms with van der Waals surface area (Å²) in [6.07, 6.45) is 3.64. The molecular weight excluding hydrogens is 232 g/mol. The molecule has 0 bridgehead atoms. The first-order chi connectivity index (χ1) is 9.20. The summed E-state index contributed by atoms with van der Waals surface area (Å²) in [6.45, 7) is 4.24. The molecule has 0 saturated carbocycles. The van der Waals surface area contributed by atoms with Crippen molar-refractivity contribution in [2.24, 2.45) is 0 Å². The summed E-state index contributed by atoms with van der Waals surface area (Å²) < 4.78 is 0. The Labute approximate surface area is 115 Å². The molecule has 0 atom stereocenters. The molecule has 2 heteroatoms. The molecule has 0 aliphatic carbocycles. The summed E-state index contributed by atoms with van der Waals surface area (Å²) in [5, 5.41) is 3.37. The van der Waals surface area contributed by atoms with Gasteiger partial charge in [0.1, 0.15) is 0 Å². The zero-order valence-electron chi connectivity index (χ0n) is 11.7. The fraction of sp³-hybridized carbons (Fsp3) is 0.294. The highest BCUT2D eigenvalue weighted by Crippen LogP contribution is 2.25. The Balaban J connectivity index is 2.09. The van der Waals surface area contributed by atoms with Crippen molar-refractivity contribution in [1.29, 1.82) is 0 Å². The average molecular weight is 254 g/mol. The first kappa shape index (κ1) is 13.5. The van der Waals surface area contributed by atoms with Crippen molar-refractivity contribution in [3.8, 4) is 0 Å². The topological polar surface area (TPSA) is 38.0 Å². The first-order valence-corrected chi connectivity index (χ1v) is 6.91. The van der Waals surface area contributed by atoms with Crippen molar-refractivity contribution in [2.75, 3.05) is 11.1 Å². The summed E-state index contributed by atoms with van der Waals surface area (Å²) in [5.41, 5.74) is 11.4. The van der Waals surface area contributed by atoms with Crippen molar-refractivity contribution in [3.05, 3.63) is 53.6 Å². The minimum Gasteiger partial charge on any atom is -0.397 e. The standard InChI is InChI=1S/C17H22N2/c1-3-4-7-14-9-11-15(12-10-14)19-16-8-5-6-13(2)17(16)18/h5-6,8-12,19H,3-4,7,18H2,1-2H3. The predicted octanol–water partition coefficient (Wildman–Crippen LogP) is 4.66. The van der Waals surface area contributed by atoms with E-state index in [4.69, 9.17) is 5.73 Å². The van der Waals surface area contributed by atoms with Gasteiger partial charge in [-0.1, -0.05) is 37.6 Å². The second-order valence-electron chi connectivity index (χ2n) is 4.96. The number of nitrogen functional groups attached to an aromatic ring is 1. The molecule has 0 unspecified atom stereocenters. The number of nitrogens with one attached hydrogen (secondary N) is 1. The molecule has 2 nitrogen and oxygen atoms in total. The number of benzene rings is 2. The number of para-hydroxylation sites is 1. The van der Waals surface area contributed by atoms with Crippen LogP contribution in [-0.4, -0.2) is 0 Å². The van der Waals surface area contributed by atoms with E-state index in [2.05, 4.69) is 36.5 Å². The minimum atomic E-state index is 0.817. The van der Waals surface area contributed by atoms with Gasteiger partial charge in [0.05, 0.1) is 11.4 Å². The Kier molecular flexibility index (Phi) is 4.45. The second-order valence-corrected chi connectivity index (χ2v) is 4.96. The van der Waals surface area contributed by atoms with E-state index in [1.54, 1.807) is 0 Å². The van der Waals surface area contributed by atoms with Crippen molar-refractivity contribution in [3.63, 3.8) is 0 Å². The van der Waals surface area contributed by atoms with Gasteiger partial charge in [-0.15, -0.1) is 0 Å². The Morgan fingerprint density at radius 2 is 1.79 bits per heavy atom. The molecule has 0 amide bonds. The number of hydrogen-bond acceptors (Lipinski definition) is 2. The van der Waals surface area contributed by atoms with Crippen molar-refractivity contribution < 1.29 is 0 Å². The molecule has 100 valence electrons. The smallest absolute Gasteiger partial charge is 0.0620 e. The fourth-order valence-corrected chi connectivity index (χ4v) is 2.08. The molecule has 0 saturated heterocycles. The minimum absolute atomic E-state index is 0.817. The van der Waals surface area contributed by atoms with Gasteiger partial charge in [-0.25, -0.2) is 0 Å². The van der Waals surface area contributed by atoms with E-state index in [-0.39, 0.29) is 0 Å². The predicted molar refractivity (Wildman–Crippen MR) is 83.9 cm³/mol. The molecule has 0 heterocycles. The van der Waals surface area contributed by atoms with E-state index in [9.17, 15) is 0 Å². The van der Waals surface area contributed by atoms with Crippen LogP contribution < -0.4 is 11.1 Å². The van der Waals surface area contributed by atoms with Crippen LogP contribution in [0, 0.1) is 6.92 Å². The molecule has 0 radical (unpaired) electrons. The maximum absolute atomic E-state index is 6.06. The molecule has 2 aromatic carbocycles. The summed E-state index contributed by atoms with van der Waals surface area (Å²) in [5.74, 6) is 0. The largest absolute Gasteiger partial charge is 0.397 e. The van der Waals surface area contributed by atoms with E-state index < -0.39 is 0 Å². The number of rotatable bonds is 5. The lowest BCUT2D eigenvalue weighted by Crippen LogP contribution is -1.98. The third kappa shape index (κ3) is 3.50. The number of aryl methyl sites for hydroxylation is 2. The molecule has 2 rings (SSSR count). The zero-order chi connectivity index (χ0) is 13.7. The van der Waals surface area contributed by atoms with Gasteiger partial charge < -0.3 is 11.1 Å². The van der Waals surface area contributed by atoms with E-state index >= 15 is 0 Å². The second kappa shape index (κ2) is 6.28. The lowest BCUT2D eigenvalue weighted by Gasteiger charge is -2.11. The lowest BCUT2D eigenvalue weighted by molar-refractivity contribution is 0.795. The summed E-state index contributed by atoms with van der Waals surface area (Å²) >= 11 is 0. The zero-order valence-corrected chi connectivity index (χ0v) is 11.7. The highest BCUT2D eigenvalue weighted by molar-refractivity contribution is 5.74. The molecule has 0 aromatic heterocycles. The molecule has 0 spiro atoms. The highest BCUT2D eigenvalue weighted by Gasteiger charge is 2.02. The van der Waals surface area contributed by atoms with Gasteiger partial charge >= 0.3 is 0 Å². The van der Waals surface area contributed by atoms with E-state index in [1.165, 1.54) is 18.4 Å². The molecule has 0 fully saturated rings. The van der Waals surface area contributed by atoms with Crippen LogP contribution in [0.25, 0.3) is 0 Å². The van der Waals surface area contributed by atoms with Gasteiger partial charge in [0.2, 0.25) is 0 Å². The van der Waals surface area contributed by atoms with Crippen LogP contribution in [-0.2, 0) is 6.42 Å². The van der Waals surface area contributed by atoms with Crippen molar-refractivity contribution in [2.45, 2.75) is 33.1 Å². The van der Waals surface area contributed by atoms with Crippen LogP contribution >= 0.6 is 0 Å². The van der Waals surface area contributed by atoms with Crippen LogP contribution in [0.15, 0.2) is 42.5 Å². The Morgan fingerprint density at radius 3 is 2.47 bits per heavy atom. The number of hydrogen-bond donors (Lipinski definition) is 2. The molecule has 3 N–H and O–H groups in total. The van der Waals surface area contributed by atoms with Gasteiger partial charge in [-0.05, 0) is 49.1 Å². The van der Waals surface area contributed by atoms with Gasteiger partial charge in [0.15, 0.2) is 0 Å². The number of anilines is 3. The fourth-order valence-electron chi connectivity index (χ4n) is 2.08. The Morgan fingerprint density at radius 1 is 1.05 bits per heavy atom. The van der Waals surface area contributed by atoms with E-state index in [1.807, 2.05) is 25.1 Å². The van der Waals surface area contributed by atoms with E-state index in [0.29, 0.717) is 0 Å². The van der Waals surface area contributed by atoms with E-state index in [0.717, 1.165) is 29.0 Å².